The van der Waals surface area contributed by atoms with Crippen molar-refractivity contribution in [1.29, 1.82) is 0 Å². The Bertz CT molecular complexity index is 587. The Hall–Kier alpha value is -1.81. The molecule has 0 aliphatic rings. The maximum atomic E-state index is 11.8. The van der Waals surface area contributed by atoms with Gasteiger partial charge in [-0.1, -0.05) is 0 Å². The highest BCUT2D eigenvalue weighted by Gasteiger charge is 2.11. The van der Waals surface area contributed by atoms with Crippen molar-refractivity contribution in [2.24, 2.45) is 0 Å². The Balaban J connectivity index is 2.13. The third-order valence-corrected chi connectivity index (χ3v) is 3.32. The molecule has 1 aromatic heterocycles. The second-order valence-corrected chi connectivity index (χ2v) is 4.82. The minimum Gasteiger partial charge on any atom is -0.464 e. The minimum absolute atomic E-state index is 0.0242. The first-order valence-corrected chi connectivity index (χ1v) is 6.50. The molecule has 0 spiro atoms. The van der Waals surface area contributed by atoms with Gasteiger partial charge in [-0.2, -0.15) is 0 Å². The summed E-state index contributed by atoms with van der Waals surface area (Å²) in [6.45, 7) is 5.54. The fraction of sp³-hybridized carbons (Fsp3) is 0.400. The third-order valence-electron chi connectivity index (χ3n) is 3.32. The summed E-state index contributed by atoms with van der Waals surface area (Å²) in [7, 11) is 1.86. The van der Waals surface area contributed by atoms with Crippen molar-refractivity contribution in [2.45, 2.75) is 20.3 Å². The van der Waals surface area contributed by atoms with E-state index in [1.165, 1.54) is 11.1 Å². The Morgan fingerprint density at radius 1 is 1.21 bits per heavy atom. The number of nitrogens with one attached hydrogen (secondary N) is 2. The van der Waals surface area contributed by atoms with Gasteiger partial charge in [-0.05, 0) is 44.2 Å². The van der Waals surface area contributed by atoms with E-state index in [-0.39, 0.29) is 5.91 Å². The summed E-state index contributed by atoms with van der Waals surface area (Å²) in [5, 5.41) is 6.90. The summed E-state index contributed by atoms with van der Waals surface area (Å²) < 4.78 is 5.52. The minimum atomic E-state index is 0.0242. The van der Waals surface area contributed by atoms with E-state index >= 15 is 0 Å². The molecule has 2 rings (SSSR count). The average Bonchev–Trinajstić information content (AvgIpc) is 2.73. The number of amides is 1. The quantitative estimate of drug-likeness (QED) is 0.808. The zero-order valence-electron chi connectivity index (χ0n) is 11.7. The van der Waals surface area contributed by atoms with E-state index in [0.29, 0.717) is 13.0 Å². The number of aryl methyl sites for hydroxylation is 2. The molecule has 0 aliphatic carbocycles. The molecule has 4 heteroatoms. The van der Waals surface area contributed by atoms with Crippen molar-refractivity contribution in [3.8, 4) is 0 Å². The van der Waals surface area contributed by atoms with Gasteiger partial charge in [0.1, 0.15) is 5.58 Å². The average molecular weight is 260 g/mol. The Morgan fingerprint density at radius 2 is 1.95 bits per heavy atom. The molecule has 0 radical (unpaired) electrons. The molecule has 0 saturated carbocycles. The highest BCUT2D eigenvalue weighted by Crippen LogP contribution is 2.25. The predicted octanol–water partition coefficient (Wildman–Crippen LogP) is 1.93. The fourth-order valence-electron chi connectivity index (χ4n) is 2.04. The normalized spacial score (nSPS) is 10.9. The molecule has 1 heterocycles. The number of hydrogen-bond acceptors (Lipinski definition) is 3. The van der Waals surface area contributed by atoms with Crippen molar-refractivity contribution >= 4 is 16.9 Å². The topological polar surface area (TPSA) is 54.3 Å². The molecule has 2 aromatic rings. The highest BCUT2D eigenvalue weighted by molar-refractivity contribution is 5.88. The second-order valence-electron chi connectivity index (χ2n) is 4.82. The Morgan fingerprint density at radius 3 is 2.68 bits per heavy atom. The van der Waals surface area contributed by atoms with Crippen LogP contribution in [0.3, 0.4) is 0 Å². The molecule has 2 N–H and O–H groups in total. The van der Waals surface area contributed by atoms with Crippen LogP contribution in [0.4, 0.5) is 0 Å². The first-order valence-electron chi connectivity index (χ1n) is 6.50. The van der Waals surface area contributed by atoms with Crippen LogP contribution in [0.15, 0.2) is 22.8 Å². The lowest BCUT2D eigenvalue weighted by molar-refractivity contribution is -0.120. The van der Waals surface area contributed by atoms with Crippen LogP contribution >= 0.6 is 0 Å². The molecular weight excluding hydrogens is 240 g/mol. The third kappa shape index (κ3) is 3.15. The van der Waals surface area contributed by atoms with E-state index < -0.39 is 0 Å². The van der Waals surface area contributed by atoms with Crippen LogP contribution in [0.25, 0.3) is 11.0 Å². The van der Waals surface area contributed by atoms with E-state index in [4.69, 9.17) is 4.42 Å². The SMILES string of the molecule is CNCCNC(=O)Cc1coc2cc(C)c(C)cc12. The lowest BCUT2D eigenvalue weighted by atomic mass is 10.0. The second kappa shape index (κ2) is 5.89. The monoisotopic (exact) mass is 260 g/mol. The summed E-state index contributed by atoms with van der Waals surface area (Å²) in [4.78, 5) is 11.8. The summed E-state index contributed by atoms with van der Waals surface area (Å²) in [5.74, 6) is 0.0242. The van der Waals surface area contributed by atoms with Crippen LogP contribution in [0.1, 0.15) is 16.7 Å². The summed E-state index contributed by atoms with van der Waals surface area (Å²) in [6, 6.07) is 4.11. The Kier molecular flexibility index (Phi) is 4.22. The van der Waals surface area contributed by atoms with Gasteiger partial charge in [0.2, 0.25) is 5.91 Å². The van der Waals surface area contributed by atoms with Crippen molar-refractivity contribution in [1.82, 2.24) is 10.6 Å². The number of fused-ring (bicyclic) bond motifs is 1. The number of carbonyl (C=O) groups excluding carboxylic acids is 1. The number of rotatable bonds is 5. The van der Waals surface area contributed by atoms with Crippen LogP contribution in [-0.4, -0.2) is 26.0 Å². The number of benzene rings is 1. The number of hydrogen-bond donors (Lipinski definition) is 2. The van der Waals surface area contributed by atoms with Gasteiger partial charge in [-0.3, -0.25) is 4.79 Å². The molecule has 0 aliphatic heterocycles. The van der Waals surface area contributed by atoms with Gasteiger partial charge in [-0.15, -0.1) is 0 Å². The van der Waals surface area contributed by atoms with Gasteiger partial charge >= 0.3 is 0 Å². The zero-order valence-corrected chi connectivity index (χ0v) is 11.7. The summed E-state index contributed by atoms with van der Waals surface area (Å²) in [5.41, 5.74) is 4.21. The smallest absolute Gasteiger partial charge is 0.224 e. The molecule has 102 valence electrons. The van der Waals surface area contributed by atoms with Gasteiger partial charge in [0.15, 0.2) is 0 Å². The van der Waals surface area contributed by atoms with Gasteiger partial charge in [0.05, 0.1) is 12.7 Å². The Labute approximate surface area is 113 Å². The molecule has 1 aromatic carbocycles. The molecule has 0 unspecified atom stereocenters. The van der Waals surface area contributed by atoms with E-state index in [1.54, 1.807) is 6.26 Å². The van der Waals surface area contributed by atoms with Gasteiger partial charge < -0.3 is 15.1 Å². The fourth-order valence-corrected chi connectivity index (χ4v) is 2.04. The van der Waals surface area contributed by atoms with Crippen LogP contribution < -0.4 is 10.6 Å². The molecular formula is C15H20N2O2. The van der Waals surface area contributed by atoms with Gasteiger partial charge in [0.25, 0.3) is 0 Å². The van der Waals surface area contributed by atoms with Crippen molar-refractivity contribution in [3.63, 3.8) is 0 Å². The molecule has 0 bridgehead atoms. The summed E-state index contributed by atoms with van der Waals surface area (Å²) >= 11 is 0. The lowest BCUT2D eigenvalue weighted by Gasteiger charge is -2.04. The van der Waals surface area contributed by atoms with Crippen LogP contribution in [-0.2, 0) is 11.2 Å². The van der Waals surface area contributed by atoms with Crippen LogP contribution in [0.2, 0.25) is 0 Å². The van der Waals surface area contributed by atoms with E-state index in [2.05, 4.69) is 30.5 Å². The molecule has 19 heavy (non-hydrogen) atoms. The molecule has 4 nitrogen and oxygen atoms in total. The lowest BCUT2D eigenvalue weighted by Crippen LogP contribution is -2.31. The number of furan rings is 1. The van der Waals surface area contributed by atoms with Gasteiger partial charge in [0, 0.05) is 24.0 Å². The van der Waals surface area contributed by atoms with Gasteiger partial charge in [-0.25, -0.2) is 0 Å². The van der Waals surface area contributed by atoms with E-state index in [9.17, 15) is 4.79 Å². The predicted molar refractivity (Wildman–Crippen MR) is 76.3 cm³/mol. The van der Waals surface area contributed by atoms with Crippen molar-refractivity contribution < 1.29 is 9.21 Å². The van der Waals surface area contributed by atoms with Crippen LogP contribution in [0.5, 0.6) is 0 Å². The maximum absolute atomic E-state index is 11.8. The number of carbonyl (C=O) groups is 1. The largest absolute Gasteiger partial charge is 0.464 e. The maximum Gasteiger partial charge on any atom is 0.224 e. The zero-order chi connectivity index (χ0) is 13.8. The first-order chi connectivity index (χ1) is 9.11. The van der Waals surface area contributed by atoms with Crippen LogP contribution in [0, 0.1) is 13.8 Å². The first kappa shape index (κ1) is 13.6. The molecule has 0 saturated heterocycles. The molecule has 0 fully saturated rings. The molecule has 1 amide bonds. The highest BCUT2D eigenvalue weighted by atomic mass is 16.3. The summed E-state index contributed by atoms with van der Waals surface area (Å²) in [6.07, 6.45) is 2.04. The standard InChI is InChI=1S/C15H20N2O2/c1-10-6-13-12(8-15(18)17-5-4-16-3)9-19-14(13)7-11(10)2/h6-7,9,16H,4-5,8H2,1-3H3,(H,17,18). The molecule has 0 atom stereocenters. The van der Waals surface area contributed by atoms with E-state index in [0.717, 1.165) is 23.1 Å². The van der Waals surface area contributed by atoms with Crippen molar-refractivity contribution in [2.75, 3.05) is 20.1 Å². The number of likely N-dealkylation sites (N-methyl/N-ethyl adjacent to an activating group) is 1. The van der Waals surface area contributed by atoms with Crippen molar-refractivity contribution in [3.05, 3.63) is 35.1 Å². The van der Waals surface area contributed by atoms with E-state index in [1.807, 2.05) is 13.1 Å².